The highest BCUT2D eigenvalue weighted by atomic mass is 14.9. The number of anilines is 1. The van der Waals surface area contributed by atoms with Crippen LogP contribution in [0.1, 0.15) is 45.2 Å². The van der Waals surface area contributed by atoms with E-state index in [2.05, 4.69) is 56.5 Å². The van der Waals surface area contributed by atoms with Crippen LogP contribution in [0.4, 0.5) is 5.69 Å². The molecule has 0 fully saturated rings. The standard InChI is InChI=1S/C17H28N2/c1-13(2)17(3,4)12-18-11-15-8-5-7-14-9-6-10-19-16(14)15/h5,7-8,13,18-19H,6,9-12H2,1-4H3. The normalized spacial score (nSPS) is 15.2. The van der Waals surface area contributed by atoms with Gasteiger partial charge in [-0.2, -0.15) is 0 Å². The van der Waals surface area contributed by atoms with Crippen LogP contribution in [-0.2, 0) is 13.0 Å². The molecule has 0 spiro atoms. The number of hydrogen-bond acceptors (Lipinski definition) is 2. The third-order valence-electron chi connectivity index (χ3n) is 4.62. The summed E-state index contributed by atoms with van der Waals surface area (Å²) in [5.74, 6) is 0.697. The summed E-state index contributed by atoms with van der Waals surface area (Å²) in [6.07, 6.45) is 2.47. The molecule has 0 saturated carbocycles. The zero-order valence-electron chi connectivity index (χ0n) is 12.8. The zero-order valence-corrected chi connectivity index (χ0v) is 12.8. The van der Waals surface area contributed by atoms with Crippen molar-refractivity contribution >= 4 is 5.69 Å². The number of nitrogens with one attached hydrogen (secondary N) is 2. The summed E-state index contributed by atoms with van der Waals surface area (Å²) in [7, 11) is 0. The second kappa shape index (κ2) is 5.96. The van der Waals surface area contributed by atoms with E-state index >= 15 is 0 Å². The quantitative estimate of drug-likeness (QED) is 0.841. The van der Waals surface area contributed by atoms with E-state index in [0.717, 1.165) is 19.6 Å². The molecule has 19 heavy (non-hydrogen) atoms. The molecule has 0 radical (unpaired) electrons. The lowest BCUT2D eigenvalue weighted by Gasteiger charge is -2.30. The Balaban J connectivity index is 1.97. The first-order valence-corrected chi connectivity index (χ1v) is 7.56. The van der Waals surface area contributed by atoms with Gasteiger partial charge in [-0.1, -0.05) is 45.9 Å². The lowest BCUT2D eigenvalue weighted by molar-refractivity contribution is 0.238. The topological polar surface area (TPSA) is 24.1 Å². The van der Waals surface area contributed by atoms with Crippen molar-refractivity contribution in [1.29, 1.82) is 0 Å². The Morgan fingerprint density at radius 3 is 2.84 bits per heavy atom. The highest BCUT2D eigenvalue weighted by molar-refractivity contribution is 5.59. The van der Waals surface area contributed by atoms with Gasteiger partial charge < -0.3 is 10.6 Å². The van der Waals surface area contributed by atoms with Gasteiger partial charge in [-0.3, -0.25) is 0 Å². The van der Waals surface area contributed by atoms with Crippen LogP contribution in [0.5, 0.6) is 0 Å². The molecule has 2 N–H and O–H groups in total. The highest BCUT2D eigenvalue weighted by Crippen LogP contribution is 2.27. The monoisotopic (exact) mass is 260 g/mol. The van der Waals surface area contributed by atoms with Gasteiger partial charge in [0.25, 0.3) is 0 Å². The number of fused-ring (bicyclic) bond motifs is 1. The smallest absolute Gasteiger partial charge is 0.0418 e. The van der Waals surface area contributed by atoms with E-state index in [1.54, 1.807) is 0 Å². The third-order valence-corrected chi connectivity index (χ3v) is 4.62. The second-order valence-electron chi connectivity index (χ2n) is 6.73. The summed E-state index contributed by atoms with van der Waals surface area (Å²) in [5.41, 5.74) is 4.62. The van der Waals surface area contributed by atoms with Gasteiger partial charge in [0.15, 0.2) is 0 Å². The molecule has 1 aromatic carbocycles. The Kier molecular flexibility index (Phi) is 4.51. The summed E-state index contributed by atoms with van der Waals surface area (Å²) in [6.45, 7) is 12.4. The summed E-state index contributed by atoms with van der Waals surface area (Å²) in [5, 5.41) is 7.20. The summed E-state index contributed by atoms with van der Waals surface area (Å²) in [6, 6.07) is 6.69. The first-order valence-electron chi connectivity index (χ1n) is 7.56. The van der Waals surface area contributed by atoms with Crippen LogP contribution < -0.4 is 10.6 Å². The van der Waals surface area contributed by atoms with Gasteiger partial charge in [0, 0.05) is 25.3 Å². The van der Waals surface area contributed by atoms with Crippen LogP contribution >= 0.6 is 0 Å². The Morgan fingerprint density at radius 1 is 1.32 bits per heavy atom. The molecule has 2 heteroatoms. The largest absolute Gasteiger partial charge is 0.385 e. The van der Waals surface area contributed by atoms with E-state index in [4.69, 9.17) is 0 Å². The van der Waals surface area contributed by atoms with Crippen LogP contribution in [0.25, 0.3) is 0 Å². The van der Waals surface area contributed by atoms with Crippen LogP contribution in [-0.4, -0.2) is 13.1 Å². The molecule has 2 nitrogen and oxygen atoms in total. The second-order valence-corrected chi connectivity index (χ2v) is 6.73. The number of rotatable bonds is 5. The SMILES string of the molecule is CC(C)C(C)(C)CNCc1cccc2c1NCCC2. The maximum absolute atomic E-state index is 3.63. The van der Waals surface area contributed by atoms with E-state index in [1.165, 1.54) is 29.7 Å². The molecule has 2 rings (SSSR count). The first kappa shape index (κ1) is 14.4. The molecule has 106 valence electrons. The van der Waals surface area contributed by atoms with Crippen molar-refractivity contribution in [2.75, 3.05) is 18.4 Å². The fourth-order valence-corrected chi connectivity index (χ4v) is 2.45. The molecule has 1 heterocycles. The minimum Gasteiger partial charge on any atom is -0.385 e. The first-order chi connectivity index (χ1) is 9.00. The molecular weight excluding hydrogens is 232 g/mol. The van der Waals surface area contributed by atoms with E-state index < -0.39 is 0 Å². The highest BCUT2D eigenvalue weighted by Gasteiger charge is 2.21. The van der Waals surface area contributed by atoms with Crippen LogP contribution in [0.3, 0.4) is 0 Å². The maximum Gasteiger partial charge on any atom is 0.0418 e. The van der Waals surface area contributed by atoms with Crippen LogP contribution in [0, 0.1) is 11.3 Å². The molecule has 1 aliphatic rings. The molecule has 0 atom stereocenters. The molecule has 0 bridgehead atoms. The van der Waals surface area contributed by atoms with Crippen molar-refractivity contribution in [3.8, 4) is 0 Å². The maximum atomic E-state index is 3.63. The Labute approximate surface area is 118 Å². The van der Waals surface area contributed by atoms with Crippen molar-refractivity contribution in [2.24, 2.45) is 11.3 Å². The zero-order chi connectivity index (χ0) is 13.9. The molecular formula is C17H28N2. The number of para-hydroxylation sites is 1. The molecule has 0 aliphatic carbocycles. The predicted molar refractivity (Wildman–Crippen MR) is 83.6 cm³/mol. The summed E-state index contributed by atoms with van der Waals surface area (Å²) < 4.78 is 0. The van der Waals surface area contributed by atoms with Gasteiger partial charge in [-0.15, -0.1) is 0 Å². The van der Waals surface area contributed by atoms with Gasteiger partial charge in [0.2, 0.25) is 0 Å². The van der Waals surface area contributed by atoms with Crippen molar-refractivity contribution < 1.29 is 0 Å². The summed E-state index contributed by atoms with van der Waals surface area (Å²) in [4.78, 5) is 0. The van der Waals surface area contributed by atoms with Gasteiger partial charge in [0.05, 0.1) is 0 Å². The molecule has 1 aromatic rings. The molecule has 0 unspecified atom stereocenters. The lowest BCUT2D eigenvalue weighted by Crippen LogP contribution is -2.33. The van der Waals surface area contributed by atoms with Gasteiger partial charge >= 0.3 is 0 Å². The Bertz CT molecular complexity index is 421. The van der Waals surface area contributed by atoms with Crippen molar-refractivity contribution in [2.45, 2.75) is 47.1 Å². The lowest BCUT2D eigenvalue weighted by atomic mass is 9.81. The van der Waals surface area contributed by atoms with Crippen molar-refractivity contribution in [3.63, 3.8) is 0 Å². The third kappa shape index (κ3) is 3.50. The van der Waals surface area contributed by atoms with Gasteiger partial charge in [-0.05, 0) is 35.3 Å². The Hall–Kier alpha value is -1.02. The number of benzene rings is 1. The predicted octanol–water partition coefficient (Wildman–Crippen LogP) is 3.82. The van der Waals surface area contributed by atoms with Crippen LogP contribution in [0.2, 0.25) is 0 Å². The fraction of sp³-hybridized carbons (Fsp3) is 0.647. The van der Waals surface area contributed by atoms with Gasteiger partial charge in [0.1, 0.15) is 0 Å². The van der Waals surface area contributed by atoms with E-state index in [-0.39, 0.29) is 0 Å². The van der Waals surface area contributed by atoms with Crippen molar-refractivity contribution in [3.05, 3.63) is 29.3 Å². The van der Waals surface area contributed by atoms with Crippen molar-refractivity contribution in [1.82, 2.24) is 5.32 Å². The summed E-state index contributed by atoms with van der Waals surface area (Å²) >= 11 is 0. The average molecular weight is 260 g/mol. The van der Waals surface area contributed by atoms with Gasteiger partial charge in [-0.25, -0.2) is 0 Å². The molecule has 0 amide bonds. The Morgan fingerprint density at radius 2 is 2.11 bits per heavy atom. The average Bonchev–Trinajstić information content (AvgIpc) is 2.38. The molecule has 0 aromatic heterocycles. The molecule has 0 saturated heterocycles. The van der Waals surface area contributed by atoms with E-state index in [9.17, 15) is 0 Å². The van der Waals surface area contributed by atoms with E-state index in [0.29, 0.717) is 11.3 Å². The number of aryl methyl sites for hydroxylation is 1. The van der Waals surface area contributed by atoms with Crippen LogP contribution in [0.15, 0.2) is 18.2 Å². The minimum absolute atomic E-state index is 0.349. The van der Waals surface area contributed by atoms with E-state index in [1.807, 2.05) is 0 Å². The molecule has 1 aliphatic heterocycles. The fourth-order valence-electron chi connectivity index (χ4n) is 2.45. The minimum atomic E-state index is 0.349. The number of hydrogen-bond donors (Lipinski definition) is 2.